The average Bonchev–Trinajstić information content (AvgIpc) is 2.39. The van der Waals surface area contributed by atoms with E-state index in [0.29, 0.717) is 12.5 Å². The van der Waals surface area contributed by atoms with Gasteiger partial charge < -0.3 is 11.5 Å². The first-order valence-corrected chi connectivity index (χ1v) is 6.80. The molecule has 1 aromatic rings. The minimum Gasteiger partial charge on any atom is -0.369 e. The monoisotopic (exact) mass is 246 g/mol. The number of benzene rings is 1. The zero-order valence-corrected chi connectivity index (χ0v) is 10.8. The normalized spacial score (nSPS) is 16.7. The molecule has 3 heteroatoms. The summed E-state index contributed by atoms with van der Waals surface area (Å²) in [6, 6.07) is 6.35. The Morgan fingerprint density at radius 3 is 2.50 bits per heavy atom. The highest BCUT2D eigenvalue weighted by molar-refractivity contribution is 5.77. The van der Waals surface area contributed by atoms with Crippen LogP contribution in [0.5, 0.6) is 0 Å². The van der Waals surface area contributed by atoms with Crippen molar-refractivity contribution >= 4 is 5.91 Å². The molecule has 1 aromatic carbocycles. The van der Waals surface area contributed by atoms with Gasteiger partial charge in [-0.3, -0.25) is 4.79 Å². The molecule has 0 saturated heterocycles. The third-order valence-corrected chi connectivity index (χ3v) is 3.89. The highest BCUT2D eigenvalue weighted by Crippen LogP contribution is 2.33. The molecule has 3 nitrogen and oxygen atoms in total. The maximum absolute atomic E-state index is 11.0. The van der Waals surface area contributed by atoms with Crippen LogP contribution in [-0.2, 0) is 17.8 Å². The van der Waals surface area contributed by atoms with Crippen LogP contribution in [0.2, 0.25) is 0 Å². The Morgan fingerprint density at radius 2 is 1.89 bits per heavy atom. The van der Waals surface area contributed by atoms with Crippen LogP contribution in [0.4, 0.5) is 0 Å². The van der Waals surface area contributed by atoms with Crippen LogP contribution in [0.25, 0.3) is 0 Å². The standard InChI is InChI=1S/C15H22N2O/c16-10-14-8-12(11-4-2-1-3-5-11)6-7-13(14)9-15(17)18/h6-8,11H,1-5,9-10,16H2,(H2,17,18). The van der Waals surface area contributed by atoms with Gasteiger partial charge >= 0.3 is 0 Å². The number of carbonyl (C=O) groups excluding carboxylic acids is 1. The number of hydrogen-bond acceptors (Lipinski definition) is 2. The second kappa shape index (κ2) is 6.01. The predicted molar refractivity (Wildman–Crippen MR) is 73.1 cm³/mol. The number of hydrogen-bond donors (Lipinski definition) is 2. The van der Waals surface area contributed by atoms with Crippen LogP contribution in [0.1, 0.15) is 54.7 Å². The fraction of sp³-hybridized carbons (Fsp3) is 0.533. The van der Waals surface area contributed by atoms with E-state index in [9.17, 15) is 4.79 Å². The third kappa shape index (κ3) is 3.10. The molecule has 0 heterocycles. The van der Waals surface area contributed by atoms with E-state index in [1.54, 1.807) is 0 Å². The first-order chi connectivity index (χ1) is 8.70. The van der Waals surface area contributed by atoms with E-state index in [-0.39, 0.29) is 12.3 Å². The van der Waals surface area contributed by atoms with E-state index in [2.05, 4.69) is 12.1 Å². The molecular formula is C15H22N2O. The molecule has 98 valence electrons. The molecule has 1 saturated carbocycles. The van der Waals surface area contributed by atoms with Crippen molar-refractivity contribution < 1.29 is 4.79 Å². The van der Waals surface area contributed by atoms with E-state index >= 15 is 0 Å². The molecule has 0 atom stereocenters. The molecule has 1 fully saturated rings. The zero-order valence-electron chi connectivity index (χ0n) is 10.8. The minimum absolute atomic E-state index is 0.289. The Balaban J connectivity index is 2.20. The summed E-state index contributed by atoms with van der Waals surface area (Å²) in [7, 11) is 0. The molecule has 1 aliphatic carbocycles. The number of rotatable bonds is 4. The Bertz CT molecular complexity index is 423. The quantitative estimate of drug-likeness (QED) is 0.855. The lowest BCUT2D eigenvalue weighted by atomic mass is 9.83. The summed E-state index contributed by atoms with van der Waals surface area (Å²) in [5.41, 5.74) is 14.4. The van der Waals surface area contributed by atoms with Crippen molar-refractivity contribution in [1.29, 1.82) is 0 Å². The number of nitrogens with two attached hydrogens (primary N) is 2. The van der Waals surface area contributed by atoms with Gasteiger partial charge in [-0.05, 0) is 35.4 Å². The SMILES string of the molecule is NCc1cc(C2CCCCC2)ccc1CC(N)=O. The van der Waals surface area contributed by atoms with Crippen molar-refractivity contribution in [1.82, 2.24) is 0 Å². The summed E-state index contributed by atoms with van der Waals surface area (Å²) >= 11 is 0. The maximum atomic E-state index is 11.0. The lowest BCUT2D eigenvalue weighted by Crippen LogP contribution is -2.16. The van der Waals surface area contributed by atoms with Gasteiger partial charge in [-0.25, -0.2) is 0 Å². The van der Waals surface area contributed by atoms with E-state index in [0.717, 1.165) is 11.1 Å². The van der Waals surface area contributed by atoms with Gasteiger partial charge in [-0.15, -0.1) is 0 Å². The number of carbonyl (C=O) groups is 1. The Hall–Kier alpha value is -1.35. The second-order valence-corrected chi connectivity index (χ2v) is 5.21. The van der Waals surface area contributed by atoms with Gasteiger partial charge in [0.15, 0.2) is 0 Å². The molecule has 0 aromatic heterocycles. The van der Waals surface area contributed by atoms with E-state index in [1.807, 2.05) is 6.07 Å². The van der Waals surface area contributed by atoms with Crippen molar-refractivity contribution in [3.63, 3.8) is 0 Å². The minimum atomic E-state index is -0.296. The van der Waals surface area contributed by atoms with Crippen LogP contribution >= 0.6 is 0 Å². The third-order valence-electron chi connectivity index (χ3n) is 3.89. The fourth-order valence-electron chi connectivity index (χ4n) is 2.89. The van der Waals surface area contributed by atoms with Crippen molar-refractivity contribution in [2.75, 3.05) is 0 Å². The lowest BCUT2D eigenvalue weighted by molar-refractivity contribution is -0.117. The molecule has 4 N–H and O–H groups in total. The summed E-state index contributed by atoms with van der Waals surface area (Å²) in [5, 5.41) is 0. The van der Waals surface area contributed by atoms with Crippen molar-refractivity contribution in [3.8, 4) is 0 Å². The fourth-order valence-corrected chi connectivity index (χ4v) is 2.89. The molecule has 2 rings (SSSR count). The van der Waals surface area contributed by atoms with Crippen LogP contribution in [0.15, 0.2) is 18.2 Å². The van der Waals surface area contributed by atoms with E-state index < -0.39 is 0 Å². The van der Waals surface area contributed by atoms with E-state index in [1.165, 1.54) is 37.7 Å². The van der Waals surface area contributed by atoms with Gasteiger partial charge in [0.05, 0.1) is 6.42 Å². The summed E-state index contributed by atoms with van der Waals surface area (Å²) in [5.74, 6) is 0.377. The summed E-state index contributed by atoms with van der Waals surface area (Å²) in [4.78, 5) is 11.0. The first-order valence-electron chi connectivity index (χ1n) is 6.80. The largest absolute Gasteiger partial charge is 0.369 e. The van der Waals surface area contributed by atoms with Crippen LogP contribution < -0.4 is 11.5 Å². The zero-order chi connectivity index (χ0) is 13.0. The topological polar surface area (TPSA) is 69.1 Å². The molecule has 0 radical (unpaired) electrons. The van der Waals surface area contributed by atoms with Gasteiger partial charge in [0.1, 0.15) is 0 Å². The lowest BCUT2D eigenvalue weighted by Gasteiger charge is -2.23. The van der Waals surface area contributed by atoms with Crippen LogP contribution in [-0.4, -0.2) is 5.91 Å². The van der Waals surface area contributed by atoms with Gasteiger partial charge in [0, 0.05) is 6.54 Å². The second-order valence-electron chi connectivity index (χ2n) is 5.21. The van der Waals surface area contributed by atoms with Gasteiger partial charge in [-0.1, -0.05) is 37.5 Å². The maximum Gasteiger partial charge on any atom is 0.221 e. The Morgan fingerprint density at radius 1 is 1.17 bits per heavy atom. The van der Waals surface area contributed by atoms with Crippen molar-refractivity contribution in [3.05, 3.63) is 34.9 Å². The highest BCUT2D eigenvalue weighted by Gasteiger charge is 2.16. The molecule has 0 unspecified atom stereocenters. The van der Waals surface area contributed by atoms with Gasteiger partial charge in [-0.2, -0.15) is 0 Å². The Labute approximate surface area is 109 Å². The molecule has 18 heavy (non-hydrogen) atoms. The van der Waals surface area contributed by atoms with Crippen LogP contribution in [0, 0.1) is 0 Å². The van der Waals surface area contributed by atoms with Gasteiger partial charge in [0.2, 0.25) is 5.91 Å². The van der Waals surface area contributed by atoms with Crippen molar-refractivity contribution in [2.24, 2.45) is 11.5 Å². The molecular weight excluding hydrogens is 224 g/mol. The molecule has 1 aliphatic rings. The predicted octanol–water partition coefficient (Wildman–Crippen LogP) is 2.22. The molecule has 0 spiro atoms. The van der Waals surface area contributed by atoms with E-state index in [4.69, 9.17) is 11.5 Å². The average molecular weight is 246 g/mol. The molecule has 0 aliphatic heterocycles. The molecule has 1 amide bonds. The smallest absolute Gasteiger partial charge is 0.221 e. The number of amides is 1. The summed E-state index contributed by atoms with van der Waals surface area (Å²) in [6.45, 7) is 0.475. The summed E-state index contributed by atoms with van der Waals surface area (Å²) in [6.07, 6.45) is 6.85. The first kappa shape index (κ1) is 13.1. The summed E-state index contributed by atoms with van der Waals surface area (Å²) < 4.78 is 0. The highest BCUT2D eigenvalue weighted by atomic mass is 16.1. The molecule has 0 bridgehead atoms. The van der Waals surface area contributed by atoms with Crippen LogP contribution in [0.3, 0.4) is 0 Å². The van der Waals surface area contributed by atoms with Gasteiger partial charge in [0.25, 0.3) is 0 Å². The number of primary amides is 1. The Kier molecular flexibility index (Phi) is 4.37. The van der Waals surface area contributed by atoms with Crippen molar-refractivity contribution in [2.45, 2.75) is 51.0 Å².